The minimum Gasteiger partial charge on any atom is -0.481 e. The van der Waals surface area contributed by atoms with Crippen molar-refractivity contribution < 1.29 is 14.7 Å². The molecule has 0 unspecified atom stereocenters. The molecule has 0 spiro atoms. The number of rotatable bonds is 10. The Hall–Kier alpha value is -3.03. The highest BCUT2D eigenvalue weighted by Gasteiger charge is 2.18. The van der Waals surface area contributed by atoms with Crippen molar-refractivity contribution in [3.05, 3.63) is 36.2 Å². The van der Waals surface area contributed by atoms with Crippen LogP contribution >= 0.6 is 0 Å². The molecule has 1 aromatic carbocycles. The quantitative estimate of drug-likeness (QED) is 0.518. The molecule has 0 radical (unpaired) electrons. The third-order valence-corrected chi connectivity index (χ3v) is 5.17. The lowest BCUT2D eigenvalue weighted by Crippen LogP contribution is -2.43. The normalized spacial score (nSPS) is 14.6. The number of nitrogens with one attached hydrogen (secondary N) is 2. The van der Waals surface area contributed by atoms with Gasteiger partial charge in [0.1, 0.15) is 0 Å². The standard InChI is InChI=1S/C22H29N5O3/c28-20(27-22-23-12-7-13-24-22)11-4-2-1-3-8-16(14-21(29)30)19-15-25-17-9-5-6-10-18(17)26-19/h5-6,9-10,15-16H,1-4,7-8,11-14H2,(H,29,30)(H2,23,24,27,28)/t16-/m0/s1. The van der Waals surface area contributed by atoms with E-state index in [2.05, 4.69) is 25.6 Å². The highest BCUT2D eigenvalue weighted by Crippen LogP contribution is 2.26. The zero-order valence-electron chi connectivity index (χ0n) is 17.1. The van der Waals surface area contributed by atoms with Crippen molar-refractivity contribution in [3.8, 4) is 0 Å². The van der Waals surface area contributed by atoms with Gasteiger partial charge in [-0.25, -0.2) is 4.98 Å². The molecule has 8 heteroatoms. The Morgan fingerprint density at radius 1 is 1.13 bits per heavy atom. The number of benzene rings is 1. The van der Waals surface area contributed by atoms with Gasteiger partial charge in [0.05, 0.1) is 23.1 Å². The monoisotopic (exact) mass is 411 g/mol. The number of carbonyl (C=O) groups excluding carboxylic acids is 1. The van der Waals surface area contributed by atoms with Gasteiger partial charge in [-0.15, -0.1) is 0 Å². The number of carbonyl (C=O) groups is 2. The first kappa shape index (κ1) is 21.7. The van der Waals surface area contributed by atoms with E-state index in [1.807, 2.05) is 24.3 Å². The number of amides is 1. The third kappa shape index (κ3) is 6.79. The molecule has 0 saturated heterocycles. The lowest BCUT2D eigenvalue weighted by molar-refractivity contribution is -0.137. The summed E-state index contributed by atoms with van der Waals surface area (Å²) in [6.07, 6.45) is 7.52. The molecule has 160 valence electrons. The van der Waals surface area contributed by atoms with E-state index in [-0.39, 0.29) is 18.2 Å². The predicted octanol–water partition coefficient (Wildman–Crippen LogP) is 2.99. The highest BCUT2D eigenvalue weighted by atomic mass is 16.4. The smallest absolute Gasteiger partial charge is 0.304 e. The summed E-state index contributed by atoms with van der Waals surface area (Å²) in [7, 11) is 0. The second kappa shape index (κ2) is 11.2. The number of nitrogens with zero attached hydrogens (tertiary/aromatic N) is 3. The number of fused-ring (bicyclic) bond motifs is 1. The van der Waals surface area contributed by atoms with Gasteiger partial charge in [-0.2, -0.15) is 0 Å². The van der Waals surface area contributed by atoms with Crippen LogP contribution in [-0.2, 0) is 9.59 Å². The molecular formula is C22H29N5O3. The van der Waals surface area contributed by atoms with Gasteiger partial charge in [-0.1, -0.05) is 31.4 Å². The van der Waals surface area contributed by atoms with Crippen LogP contribution in [-0.4, -0.2) is 46.0 Å². The Bertz CT molecular complexity index is 899. The van der Waals surface area contributed by atoms with E-state index in [1.165, 1.54) is 0 Å². The van der Waals surface area contributed by atoms with Crippen LogP contribution in [0.3, 0.4) is 0 Å². The highest BCUT2D eigenvalue weighted by molar-refractivity contribution is 5.97. The summed E-state index contributed by atoms with van der Waals surface area (Å²) in [5.74, 6) is -0.415. The molecule has 2 aromatic rings. The summed E-state index contributed by atoms with van der Waals surface area (Å²) in [6, 6.07) is 7.60. The SMILES string of the molecule is O=C(O)C[C@H](CCCCCCC(=O)NC1=NCCCN1)c1cnc2ccccc2n1. The van der Waals surface area contributed by atoms with Gasteiger partial charge in [-0.3, -0.25) is 24.9 Å². The van der Waals surface area contributed by atoms with E-state index in [0.717, 1.165) is 68.3 Å². The first-order chi connectivity index (χ1) is 14.6. The van der Waals surface area contributed by atoms with Crippen LogP contribution in [0.2, 0.25) is 0 Å². The number of carboxylic acid groups (broad SMARTS) is 1. The lowest BCUT2D eigenvalue weighted by atomic mass is 9.94. The molecule has 1 aromatic heterocycles. The first-order valence-electron chi connectivity index (χ1n) is 10.6. The number of guanidine groups is 1. The number of unbranched alkanes of at least 4 members (excludes halogenated alkanes) is 3. The Kier molecular flexibility index (Phi) is 8.11. The number of carboxylic acids is 1. The average molecular weight is 412 g/mol. The molecule has 30 heavy (non-hydrogen) atoms. The van der Waals surface area contributed by atoms with Crippen molar-refractivity contribution >= 4 is 28.9 Å². The van der Waals surface area contributed by atoms with Crippen molar-refractivity contribution in [1.29, 1.82) is 0 Å². The van der Waals surface area contributed by atoms with E-state index in [1.54, 1.807) is 6.20 Å². The number of hydrogen-bond acceptors (Lipinski definition) is 6. The van der Waals surface area contributed by atoms with Gasteiger partial charge in [0, 0.05) is 31.6 Å². The zero-order valence-corrected chi connectivity index (χ0v) is 17.1. The van der Waals surface area contributed by atoms with Crippen molar-refractivity contribution in [2.45, 2.75) is 57.3 Å². The fourth-order valence-corrected chi connectivity index (χ4v) is 3.57. The number of para-hydroxylation sites is 2. The van der Waals surface area contributed by atoms with Crippen LogP contribution in [0.15, 0.2) is 35.5 Å². The predicted molar refractivity (Wildman–Crippen MR) is 115 cm³/mol. The number of aliphatic carboxylic acids is 1. The Balaban J connectivity index is 1.41. The topological polar surface area (TPSA) is 117 Å². The second-order valence-corrected chi connectivity index (χ2v) is 7.59. The van der Waals surface area contributed by atoms with Gasteiger partial charge < -0.3 is 10.4 Å². The van der Waals surface area contributed by atoms with E-state index >= 15 is 0 Å². The summed E-state index contributed by atoms with van der Waals surface area (Å²) >= 11 is 0. The van der Waals surface area contributed by atoms with Crippen LogP contribution in [0.1, 0.15) is 63.0 Å². The molecule has 0 saturated carbocycles. The van der Waals surface area contributed by atoms with Crippen molar-refractivity contribution in [2.24, 2.45) is 4.99 Å². The Morgan fingerprint density at radius 3 is 2.70 bits per heavy atom. The molecular weight excluding hydrogens is 382 g/mol. The average Bonchev–Trinajstić information content (AvgIpc) is 2.75. The molecule has 1 atom stereocenters. The second-order valence-electron chi connectivity index (χ2n) is 7.59. The van der Waals surface area contributed by atoms with Crippen molar-refractivity contribution in [2.75, 3.05) is 13.1 Å². The minimum absolute atomic E-state index is 0.0154. The van der Waals surface area contributed by atoms with Crippen molar-refractivity contribution in [1.82, 2.24) is 20.6 Å². The van der Waals surface area contributed by atoms with Gasteiger partial charge in [-0.05, 0) is 31.4 Å². The molecule has 0 aliphatic carbocycles. The fraction of sp³-hybridized carbons (Fsp3) is 0.500. The number of aromatic nitrogens is 2. The van der Waals surface area contributed by atoms with Crippen LogP contribution in [0, 0.1) is 0 Å². The summed E-state index contributed by atoms with van der Waals surface area (Å²) in [5, 5.41) is 15.2. The van der Waals surface area contributed by atoms with E-state index < -0.39 is 5.97 Å². The number of hydrogen-bond donors (Lipinski definition) is 3. The van der Waals surface area contributed by atoms with E-state index in [4.69, 9.17) is 0 Å². The van der Waals surface area contributed by atoms with E-state index in [0.29, 0.717) is 12.4 Å². The van der Waals surface area contributed by atoms with Crippen LogP contribution < -0.4 is 10.6 Å². The van der Waals surface area contributed by atoms with Crippen LogP contribution in [0.25, 0.3) is 11.0 Å². The first-order valence-corrected chi connectivity index (χ1v) is 10.6. The van der Waals surface area contributed by atoms with Gasteiger partial charge in [0.2, 0.25) is 5.91 Å². The molecule has 1 aliphatic heterocycles. The van der Waals surface area contributed by atoms with Gasteiger partial charge >= 0.3 is 5.97 Å². The molecule has 0 fully saturated rings. The molecule has 8 nitrogen and oxygen atoms in total. The largest absolute Gasteiger partial charge is 0.481 e. The molecule has 2 heterocycles. The minimum atomic E-state index is -0.828. The Labute approximate surface area is 176 Å². The molecule has 1 amide bonds. The summed E-state index contributed by atoms with van der Waals surface area (Å²) in [4.78, 5) is 36.5. The molecule has 3 N–H and O–H groups in total. The lowest BCUT2D eigenvalue weighted by Gasteiger charge is -2.15. The maximum Gasteiger partial charge on any atom is 0.304 e. The van der Waals surface area contributed by atoms with Crippen LogP contribution in [0.5, 0.6) is 0 Å². The van der Waals surface area contributed by atoms with Gasteiger partial charge in [0.25, 0.3) is 0 Å². The summed E-state index contributed by atoms with van der Waals surface area (Å²) in [5.41, 5.74) is 2.33. The summed E-state index contributed by atoms with van der Waals surface area (Å²) in [6.45, 7) is 1.60. The fourth-order valence-electron chi connectivity index (χ4n) is 3.57. The van der Waals surface area contributed by atoms with Crippen LogP contribution in [0.4, 0.5) is 0 Å². The van der Waals surface area contributed by atoms with E-state index in [9.17, 15) is 14.7 Å². The van der Waals surface area contributed by atoms with Gasteiger partial charge in [0.15, 0.2) is 5.96 Å². The maximum absolute atomic E-state index is 12.0. The summed E-state index contributed by atoms with van der Waals surface area (Å²) < 4.78 is 0. The number of aliphatic imine (C=N–C) groups is 1. The third-order valence-electron chi connectivity index (χ3n) is 5.17. The molecule has 1 aliphatic rings. The maximum atomic E-state index is 12.0. The molecule has 3 rings (SSSR count). The Morgan fingerprint density at radius 2 is 1.93 bits per heavy atom. The molecule has 0 bridgehead atoms. The zero-order chi connectivity index (χ0) is 21.2. The van der Waals surface area contributed by atoms with Crippen molar-refractivity contribution in [3.63, 3.8) is 0 Å².